The first kappa shape index (κ1) is 11.4. The predicted molar refractivity (Wildman–Crippen MR) is 73.9 cm³/mol. The van der Waals surface area contributed by atoms with E-state index in [1.54, 1.807) is 18.3 Å². The van der Waals surface area contributed by atoms with Crippen molar-refractivity contribution in [1.29, 1.82) is 0 Å². The summed E-state index contributed by atoms with van der Waals surface area (Å²) in [4.78, 5) is 17.8. The maximum absolute atomic E-state index is 11.6. The minimum absolute atomic E-state index is 0.123. The second-order valence-corrected chi connectivity index (χ2v) is 5.21. The summed E-state index contributed by atoms with van der Waals surface area (Å²) in [6.07, 6.45) is 2.07. The molecular weight excluding hydrogens is 244 g/mol. The Bertz CT molecular complexity index is 577. The highest BCUT2D eigenvalue weighted by Crippen LogP contribution is 2.31. The molecular formula is C14H14N2OS. The Morgan fingerprint density at radius 2 is 2.33 bits per heavy atom. The Hall–Kier alpha value is -1.68. The van der Waals surface area contributed by atoms with Crippen molar-refractivity contribution in [3.05, 3.63) is 34.7 Å². The second-order valence-electron chi connectivity index (χ2n) is 4.49. The Balaban J connectivity index is 2.03. The van der Waals surface area contributed by atoms with Crippen LogP contribution in [0.25, 0.3) is 11.3 Å². The zero-order valence-electron chi connectivity index (χ0n) is 10.2. The van der Waals surface area contributed by atoms with Gasteiger partial charge in [-0.2, -0.15) is 0 Å². The number of benzene rings is 1. The lowest BCUT2D eigenvalue weighted by molar-refractivity contribution is -0.116. The molecule has 3 rings (SSSR count). The molecule has 0 spiro atoms. The van der Waals surface area contributed by atoms with Gasteiger partial charge in [0.1, 0.15) is 0 Å². The smallest absolute Gasteiger partial charge is 0.223 e. The number of hydrogen-bond acceptors (Lipinski definition) is 3. The first-order chi connectivity index (χ1) is 8.75. The lowest BCUT2D eigenvalue weighted by atomic mass is 9.98. The first-order valence-electron chi connectivity index (χ1n) is 6.05. The van der Waals surface area contributed by atoms with Gasteiger partial charge in [-0.15, -0.1) is 11.3 Å². The van der Waals surface area contributed by atoms with Gasteiger partial charge in [-0.1, -0.05) is 6.07 Å². The summed E-state index contributed by atoms with van der Waals surface area (Å²) < 4.78 is 0. The van der Waals surface area contributed by atoms with E-state index in [0.717, 1.165) is 36.3 Å². The van der Waals surface area contributed by atoms with Gasteiger partial charge >= 0.3 is 0 Å². The number of aryl methyl sites for hydroxylation is 1. The molecule has 18 heavy (non-hydrogen) atoms. The van der Waals surface area contributed by atoms with E-state index in [2.05, 4.69) is 17.1 Å². The third-order valence-electron chi connectivity index (χ3n) is 3.31. The number of fused-ring (bicyclic) bond motifs is 1. The molecule has 0 radical (unpaired) electrons. The Morgan fingerprint density at radius 3 is 3.06 bits per heavy atom. The molecule has 2 aromatic rings. The SMILES string of the molecule is CC(=O)N1CCCc2cc(-c3cscn3)ccc21. The summed E-state index contributed by atoms with van der Waals surface area (Å²) in [6, 6.07) is 6.26. The highest BCUT2D eigenvalue weighted by molar-refractivity contribution is 7.07. The number of aromatic nitrogens is 1. The zero-order chi connectivity index (χ0) is 12.5. The number of hydrogen-bond donors (Lipinski definition) is 0. The number of carbonyl (C=O) groups excluding carboxylic acids is 1. The number of anilines is 1. The van der Waals surface area contributed by atoms with Gasteiger partial charge in [-0.05, 0) is 30.5 Å². The van der Waals surface area contributed by atoms with E-state index in [0.29, 0.717) is 0 Å². The topological polar surface area (TPSA) is 33.2 Å². The minimum atomic E-state index is 0.123. The van der Waals surface area contributed by atoms with Crippen LogP contribution in [0.1, 0.15) is 18.9 Å². The number of nitrogens with zero attached hydrogens (tertiary/aromatic N) is 2. The number of rotatable bonds is 1. The molecule has 1 aliphatic heterocycles. The third kappa shape index (κ3) is 1.93. The molecule has 0 saturated carbocycles. The van der Waals surface area contributed by atoms with Crippen LogP contribution in [0.15, 0.2) is 29.1 Å². The van der Waals surface area contributed by atoms with Crippen LogP contribution < -0.4 is 4.90 Å². The van der Waals surface area contributed by atoms with Gasteiger partial charge < -0.3 is 4.90 Å². The molecule has 1 aliphatic rings. The van der Waals surface area contributed by atoms with E-state index in [1.165, 1.54) is 5.56 Å². The molecule has 92 valence electrons. The third-order valence-corrected chi connectivity index (χ3v) is 3.89. The monoisotopic (exact) mass is 258 g/mol. The summed E-state index contributed by atoms with van der Waals surface area (Å²) >= 11 is 1.60. The molecule has 1 aromatic heterocycles. The van der Waals surface area contributed by atoms with Gasteiger partial charge in [0.15, 0.2) is 0 Å². The van der Waals surface area contributed by atoms with Crippen LogP contribution in [-0.4, -0.2) is 17.4 Å². The normalized spacial score (nSPS) is 14.4. The maximum Gasteiger partial charge on any atom is 0.223 e. The molecule has 0 fully saturated rings. The van der Waals surface area contributed by atoms with Crippen molar-refractivity contribution >= 4 is 22.9 Å². The average molecular weight is 258 g/mol. The fraction of sp³-hybridized carbons (Fsp3) is 0.286. The van der Waals surface area contributed by atoms with Gasteiger partial charge in [0, 0.05) is 30.1 Å². The summed E-state index contributed by atoms with van der Waals surface area (Å²) in [7, 11) is 0. The van der Waals surface area contributed by atoms with E-state index in [-0.39, 0.29) is 5.91 Å². The van der Waals surface area contributed by atoms with E-state index < -0.39 is 0 Å². The van der Waals surface area contributed by atoms with E-state index in [4.69, 9.17) is 0 Å². The molecule has 0 bridgehead atoms. The standard InChI is InChI=1S/C14H14N2OS/c1-10(17)16-6-2-3-12-7-11(4-5-14(12)16)13-8-18-9-15-13/h4-5,7-9H,2-3,6H2,1H3. The summed E-state index contributed by atoms with van der Waals surface area (Å²) in [5.41, 5.74) is 6.31. The molecule has 0 atom stereocenters. The van der Waals surface area contributed by atoms with E-state index >= 15 is 0 Å². The van der Waals surface area contributed by atoms with Crippen molar-refractivity contribution < 1.29 is 4.79 Å². The molecule has 2 heterocycles. The van der Waals surface area contributed by atoms with Gasteiger partial charge in [-0.25, -0.2) is 4.98 Å². The van der Waals surface area contributed by atoms with Crippen LogP contribution in [0.4, 0.5) is 5.69 Å². The molecule has 4 heteroatoms. The van der Waals surface area contributed by atoms with Crippen LogP contribution in [-0.2, 0) is 11.2 Å². The van der Waals surface area contributed by atoms with Crippen LogP contribution in [0, 0.1) is 0 Å². The summed E-state index contributed by atoms with van der Waals surface area (Å²) in [6.45, 7) is 2.46. The lowest BCUT2D eigenvalue weighted by Crippen LogP contribution is -2.33. The Kier molecular flexibility index (Phi) is 2.88. The average Bonchev–Trinajstić information content (AvgIpc) is 2.91. The van der Waals surface area contributed by atoms with Crippen molar-refractivity contribution in [2.45, 2.75) is 19.8 Å². The van der Waals surface area contributed by atoms with Gasteiger partial charge in [0.05, 0.1) is 11.2 Å². The molecule has 1 amide bonds. The van der Waals surface area contributed by atoms with Crippen LogP contribution in [0.2, 0.25) is 0 Å². The van der Waals surface area contributed by atoms with Crippen LogP contribution in [0.3, 0.4) is 0 Å². The number of carbonyl (C=O) groups is 1. The van der Waals surface area contributed by atoms with Crippen molar-refractivity contribution in [2.75, 3.05) is 11.4 Å². The minimum Gasteiger partial charge on any atom is -0.312 e. The second kappa shape index (κ2) is 4.53. The Morgan fingerprint density at radius 1 is 1.44 bits per heavy atom. The molecule has 3 nitrogen and oxygen atoms in total. The van der Waals surface area contributed by atoms with Gasteiger partial charge in [0.2, 0.25) is 5.91 Å². The molecule has 0 unspecified atom stereocenters. The number of amides is 1. The largest absolute Gasteiger partial charge is 0.312 e. The summed E-state index contributed by atoms with van der Waals surface area (Å²) in [5.74, 6) is 0.123. The quantitative estimate of drug-likeness (QED) is 0.787. The predicted octanol–water partition coefficient (Wildman–Crippen LogP) is 3.11. The van der Waals surface area contributed by atoms with E-state index in [1.807, 2.05) is 21.9 Å². The fourth-order valence-corrected chi connectivity index (χ4v) is 3.00. The Labute approximate surface area is 110 Å². The summed E-state index contributed by atoms with van der Waals surface area (Å²) in [5, 5.41) is 2.05. The molecule has 1 aromatic carbocycles. The van der Waals surface area contributed by atoms with Crippen molar-refractivity contribution in [1.82, 2.24) is 4.98 Å². The maximum atomic E-state index is 11.6. The van der Waals surface area contributed by atoms with E-state index in [9.17, 15) is 4.79 Å². The van der Waals surface area contributed by atoms with Crippen molar-refractivity contribution in [3.63, 3.8) is 0 Å². The zero-order valence-corrected chi connectivity index (χ0v) is 11.0. The van der Waals surface area contributed by atoms with Crippen LogP contribution in [0.5, 0.6) is 0 Å². The molecule has 0 N–H and O–H groups in total. The van der Waals surface area contributed by atoms with Gasteiger partial charge in [-0.3, -0.25) is 4.79 Å². The molecule has 0 aliphatic carbocycles. The first-order valence-corrected chi connectivity index (χ1v) is 6.99. The highest BCUT2D eigenvalue weighted by Gasteiger charge is 2.20. The molecule has 0 saturated heterocycles. The van der Waals surface area contributed by atoms with Gasteiger partial charge in [0.25, 0.3) is 0 Å². The van der Waals surface area contributed by atoms with Crippen molar-refractivity contribution in [2.24, 2.45) is 0 Å². The number of thiazole rings is 1. The lowest BCUT2D eigenvalue weighted by Gasteiger charge is -2.28. The fourth-order valence-electron chi connectivity index (χ4n) is 2.44. The van der Waals surface area contributed by atoms with Crippen molar-refractivity contribution in [3.8, 4) is 11.3 Å². The highest BCUT2D eigenvalue weighted by atomic mass is 32.1. The van der Waals surface area contributed by atoms with Crippen LogP contribution >= 0.6 is 11.3 Å².